The number of amides is 1. The van der Waals surface area contributed by atoms with E-state index in [1.807, 2.05) is 73.0 Å². The number of ether oxygens (including phenoxy) is 1. The molecule has 0 saturated carbocycles. The highest BCUT2D eigenvalue weighted by Gasteiger charge is 2.19. The van der Waals surface area contributed by atoms with E-state index < -0.39 is 0 Å². The Labute approximate surface area is 190 Å². The number of hydrogen-bond acceptors (Lipinski definition) is 7. The summed E-state index contributed by atoms with van der Waals surface area (Å²) in [5.74, 6) is 1.14. The van der Waals surface area contributed by atoms with Crippen LogP contribution in [0.3, 0.4) is 0 Å². The van der Waals surface area contributed by atoms with Crippen LogP contribution in [0.4, 0.5) is 6.01 Å². The molecule has 1 N–H and O–H groups in total. The number of carbonyl (C=O) groups excluding carboxylic acids is 1. The van der Waals surface area contributed by atoms with E-state index in [4.69, 9.17) is 9.15 Å². The van der Waals surface area contributed by atoms with Gasteiger partial charge in [0.1, 0.15) is 5.75 Å². The molecule has 2 heterocycles. The lowest BCUT2D eigenvalue weighted by Crippen LogP contribution is -2.15. The Hall–Kier alpha value is -3.59. The van der Waals surface area contributed by atoms with Crippen LogP contribution >= 0.6 is 11.8 Å². The Balaban J connectivity index is 1.59. The molecule has 0 saturated heterocycles. The zero-order valence-corrected chi connectivity index (χ0v) is 18.8. The van der Waals surface area contributed by atoms with Crippen molar-refractivity contribution in [3.63, 3.8) is 0 Å². The number of rotatable bonds is 8. The summed E-state index contributed by atoms with van der Waals surface area (Å²) < 4.78 is 13.0. The summed E-state index contributed by atoms with van der Waals surface area (Å²) in [4.78, 5) is 17.1. The van der Waals surface area contributed by atoms with Crippen molar-refractivity contribution in [3.8, 4) is 22.7 Å². The summed E-state index contributed by atoms with van der Waals surface area (Å²) >= 11 is 1.31. The molecule has 4 rings (SSSR count). The molecular formula is C23H23N5O3S. The predicted molar refractivity (Wildman–Crippen MR) is 123 cm³/mol. The topological polar surface area (TPSA) is 95.1 Å². The molecule has 0 bridgehead atoms. The first-order valence-electron chi connectivity index (χ1n) is 10.1. The van der Waals surface area contributed by atoms with Crippen LogP contribution < -0.4 is 10.1 Å². The van der Waals surface area contributed by atoms with Crippen molar-refractivity contribution in [2.45, 2.75) is 24.9 Å². The third-order valence-electron chi connectivity index (χ3n) is 4.64. The van der Waals surface area contributed by atoms with E-state index in [0.29, 0.717) is 16.8 Å². The second-order valence-corrected chi connectivity index (χ2v) is 8.18. The lowest BCUT2D eigenvalue weighted by atomic mass is 10.1. The highest BCUT2D eigenvalue weighted by Crippen LogP contribution is 2.33. The Morgan fingerprint density at radius 2 is 1.88 bits per heavy atom. The number of thioether (sulfide) groups is 1. The van der Waals surface area contributed by atoms with Gasteiger partial charge in [0, 0.05) is 11.5 Å². The van der Waals surface area contributed by atoms with Gasteiger partial charge in [-0.25, -0.2) is 4.98 Å². The van der Waals surface area contributed by atoms with Crippen molar-refractivity contribution in [3.05, 3.63) is 66.7 Å². The minimum absolute atomic E-state index is 0.0901. The first-order chi connectivity index (χ1) is 15.6. The number of aromatic nitrogens is 4. The van der Waals surface area contributed by atoms with Crippen LogP contribution in [0.1, 0.15) is 25.7 Å². The van der Waals surface area contributed by atoms with Crippen molar-refractivity contribution in [1.29, 1.82) is 0 Å². The second-order valence-electron chi connectivity index (χ2n) is 7.24. The van der Waals surface area contributed by atoms with E-state index in [-0.39, 0.29) is 23.6 Å². The van der Waals surface area contributed by atoms with E-state index in [1.165, 1.54) is 11.8 Å². The van der Waals surface area contributed by atoms with Crippen molar-refractivity contribution < 1.29 is 13.9 Å². The highest BCUT2D eigenvalue weighted by molar-refractivity contribution is 7.99. The number of hydrogen-bond donors (Lipinski definition) is 1. The van der Waals surface area contributed by atoms with Crippen molar-refractivity contribution in [1.82, 2.24) is 19.7 Å². The van der Waals surface area contributed by atoms with Gasteiger partial charge in [-0.05, 0) is 12.1 Å². The molecule has 2 aromatic carbocycles. The molecule has 0 atom stereocenters. The molecular weight excluding hydrogens is 426 g/mol. The molecule has 8 nitrogen and oxygen atoms in total. The molecule has 32 heavy (non-hydrogen) atoms. The molecule has 0 spiro atoms. The number of nitrogens with one attached hydrogen (secondary N) is 1. The zero-order chi connectivity index (χ0) is 22.5. The average molecular weight is 450 g/mol. The molecule has 0 unspecified atom stereocenters. The minimum atomic E-state index is -0.259. The summed E-state index contributed by atoms with van der Waals surface area (Å²) in [6.45, 7) is 3.88. The molecule has 1 amide bonds. The third kappa shape index (κ3) is 4.67. The molecule has 0 aliphatic heterocycles. The number of imidazole rings is 1. The van der Waals surface area contributed by atoms with Gasteiger partial charge in [-0.3, -0.25) is 14.7 Å². The van der Waals surface area contributed by atoms with Crippen LogP contribution in [0.5, 0.6) is 5.75 Å². The fourth-order valence-electron chi connectivity index (χ4n) is 3.10. The maximum atomic E-state index is 12.5. The molecule has 164 valence electrons. The Morgan fingerprint density at radius 1 is 1.12 bits per heavy atom. The predicted octanol–water partition coefficient (Wildman–Crippen LogP) is 4.79. The maximum Gasteiger partial charge on any atom is 0.322 e. The Bertz CT molecular complexity index is 1200. The number of anilines is 1. The van der Waals surface area contributed by atoms with Crippen molar-refractivity contribution in [2.24, 2.45) is 0 Å². The van der Waals surface area contributed by atoms with Crippen LogP contribution in [0.2, 0.25) is 0 Å². The summed E-state index contributed by atoms with van der Waals surface area (Å²) in [6, 6.07) is 17.8. The Kier molecular flexibility index (Phi) is 6.55. The smallest absolute Gasteiger partial charge is 0.322 e. The van der Waals surface area contributed by atoms with Gasteiger partial charge in [-0.15, -0.1) is 5.10 Å². The molecule has 0 fully saturated rings. The van der Waals surface area contributed by atoms with Gasteiger partial charge in [0.05, 0.1) is 30.4 Å². The number of para-hydroxylation sites is 2. The number of carbonyl (C=O) groups is 1. The molecule has 0 radical (unpaired) electrons. The standard InChI is InChI=1S/C23H23N5O3S/c1-15(2)21-26-27-22(31-21)25-20(29)14-32-23-24-13-18(16-9-5-4-6-10-16)28(23)17-11-7-8-12-19(17)30-3/h4-13,15H,14H2,1-3H3,(H,25,27,29). The molecule has 2 aromatic heterocycles. The van der Waals surface area contributed by atoms with E-state index in [2.05, 4.69) is 20.5 Å². The number of benzene rings is 2. The van der Waals surface area contributed by atoms with Crippen LogP contribution in [-0.2, 0) is 4.79 Å². The minimum Gasteiger partial charge on any atom is -0.495 e. The first kappa shape index (κ1) is 21.6. The fraction of sp³-hybridized carbons (Fsp3) is 0.217. The Morgan fingerprint density at radius 3 is 2.59 bits per heavy atom. The number of nitrogens with zero attached hydrogens (tertiary/aromatic N) is 4. The van der Waals surface area contributed by atoms with Crippen LogP contribution in [0.25, 0.3) is 16.9 Å². The van der Waals surface area contributed by atoms with Crippen LogP contribution in [0, 0.1) is 0 Å². The number of methoxy groups -OCH3 is 1. The van der Waals surface area contributed by atoms with Gasteiger partial charge < -0.3 is 9.15 Å². The van der Waals surface area contributed by atoms with E-state index >= 15 is 0 Å². The van der Waals surface area contributed by atoms with Gasteiger partial charge in [0.15, 0.2) is 5.16 Å². The van der Waals surface area contributed by atoms with E-state index in [1.54, 1.807) is 13.3 Å². The summed E-state index contributed by atoms with van der Waals surface area (Å²) in [5.41, 5.74) is 2.75. The van der Waals surface area contributed by atoms with Crippen molar-refractivity contribution in [2.75, 3.05) is 18.2 Å². The monoisotopic (exact) mass is 449 g/mol. The average Bonchev–Trinajstić information content (AvgIpc) is 3.45. The summed E-state index contributed by atoms with van der Waals surface area (Å²) in [6.07, 6.45) is 1.80. The zero-order valence-electron chi connectivity index (χ0n) is 18.0. The maximum absolute atomic E-state index is 12.5. The van der Waals surface area contributed by atoms with Gasteiger partial charge in [-0.1, -0.05) is 73.2 Å². The second kappa shape index (κ2) is 9.69. The van der Waals surface area contributed by atoms with Gasteiger partial charge in [-0.2, -0.15) is 0 Å². The normalized spacial score (nSPS) is 11.0. The summed E-state index contributed by atoms with van der Waals surface area (Å²) in [7, 11) is 1.63. The SMILES string of the molecule is COc1ccccc1-n1c(-c2ccccc2)cnc1SCC(=O)Nc1nnc(C(C)C)o1. The van der Waals surface area contributed by atoms with Crippen LogP contribution in [0.15, 0.2) is 70.4 Å². The quantitative estimate of drug-likeness (QED) is 0.387. The molecule has 9 heteroatoms. The van der Waals surface area contributed by atoms with Crippen LogP contribution in [-0.4, -0.2) is 38.5 Å². The van der Waals surface area contributed by atoms with Gasteiger partial charge in [0.2, 0.25) is 11.8 Å². The van der Waals surface area contributed by atoms with Gasteiger partial charge >= 0.3 is 6.01 Å². The van der Waals surface area contributed by atoms with E-state index in [0.717, 1.165) is 16.9 Å². The molecule has 4 aromatic rings. The van der Waals surface area contributed by atoms with Crippen molar-refractivity contribution >= 4 is 23.7 Å². The third-order valence-corrected chi connectivity index (χ3v) is 5.59. The van der Waals surface area contributed by atoms with E-state index in [9.17, 15) is 4.79 Å². The largest absolute Gasteiger partial charge is 0.495 e. The highest BCUT2D eigenvalue weighted by atomic mass is 32.2. The molecule has 0 aliphatic rings. The fourth-order valence-corrected chi connectivity index (χ4v) is 3.89. The molecule has 0 aliphatic carbocycles. The lowest BCUT2D eigenvalue weighted by Gasteiger charge is -2.15. The lowest BCUT2D eigenvalue weighted by molar-refractivity contribution is -0.113. The summed E-state index contributed by atoms with van der Waals surface area (Å²) in [5, 5.41) is 11.1. The van der Waals surface area contributed by atoms with Gasteiger partial charge in [0.25, 0.3) is 0 Å². The first-order valence-corrected chi connectivity index (χ1v) is 11.1.